The van der Waals surface area contributed by atoms with E-state index in [1.165, 1.54) is 18.2 Å². The smallest absolute Gasteiger partial charge is 0.393 e. The molecule has 0 bridgehead atoms. The second kappa shape index (κ2) is 4.53. The minimum Gasteiger partial charge on any atom is -0.474 e. The highest BCUT2D eigenvalue weighted by atomic mass is 79.9. The minimum atomic E-state index is -1.36. The van der Waals surface area contributed by atoms with Gasteiger partial charge in [0.25, 0.3) is 5.69 Å². The van der Waals surface area contributed by atoms with Crippen LogP contribution in [-0.4, -0.2) is 26.2 Å². The fraction of sp³-hybridized carbons (Fsp3) is 0. The number of nitro groups is 1. The molecule has 2 aromatic rings. The van der Waals surface area contributed by atoms with E-state index >= 15 is 0 Å². The fourth-order valence-electron chi connectivity index (χ4n) is 1.23. The molecule has 1 aromatic carbocycles. The van der Waals surface area contributed by atoms with E-state index < -0.39 is 16.8 Å². The summed E-state index contributed by atoms with van der Waals surface area (Å²) < 4.78 is 5.30. The Morgan fingerprint density at radius 3 is 2.67 bits per heavy atom. The van der Waals surface area contributed by atoms with Gasteiger partial charge in [0.2, 0.25) is 5.89 Å². The van der Waals surface area contributed by atoms with E-state index in [9.17, 15) is 14.9 Å². The number of aromatic carboxylic acids is 1. The molecule has 0 saturated carbocycles. The summed E-state index contributed by atoms with van der Waals surface area (Å²) in [7, 11) is 0. The lowest BCUT2D eigenvalue weighted by Crippen LogP contribution is -1.95. The zero-order chi connectivity index (χ0) is 13.3. The van der Waals surface area contributed by atoms with Crippen LogP contribution in [0.15, 0.2) is 27.1 Å². The van der Waals surface area contributed by atoms with E-state index in [-0.39, 0.29) is 17.1 Å². The molecule has 18 heavy (non-hydrogen) atoms. The van der Waals surface area contributed by atoms with Crippen LogP contribution in [0.1, 0.15) is 10.7 Å². The Labute approximate surface area is 108 Å². The van der Waals surface area contributed by atoms with E-state index in [1.807, 2.05) is 0 Å². The second-order valence-corrected chi connectivity index (χ2v) is 4.09. The zero-order valence-electron chi connectivity index (χ0n) is 8.53. The Hall–Kier alpha value is -2.29. The summed E-state index contributed by atoms with van der Waals surface area (Å²) in [5.74, 6) is -2.04. The molecule has 0 aliphatic rings. The first kappa shape index (κ1) is 12.2. The fourth-order valence-corrected chi connectivity index (χ4v) is 1.71. The highest BCUT2D eigenvalue weighted by Crippen LogP contribution is 2.27. The van der Waals surface area contributed by atoms with Gasteiger partial charge in [-0.25, -0.2) is 4.79 Å². The van der Waals surface area contributed by atoms with Gasteiger partial charge in [0.1, 0.15) is 0 Å². The van der Waals surface area contributed by atoms with Crippen molar-refractivity contribution in [2.45, 2.75) is 0 Å². The summed E-state index contributed by atoms with van der Waals surface area (Å²) in [6.07, 6.45) is 0. The summed E-state index contributed by atoms with van der Waals surface area (Å²) in [6, 6.07) is 4.02. The van der Waals surface area contributed by atoms with Gasteiger partial charge in [-0.2, -0.15) is 0 Å². The number of rotatable bonds is 3. The molecule has 0 aliphatic heterocycles. The molecule has 1 heterocycles. The SMILES string of the molecule is O=C(O)c1nnc(-c2cc(Br)cc([N+](=O)[O-])c2)o1. The molecule has 0 radical (unpaired) electrons. The number of carbonyl (C=O) groups is 1. The molecule has 0 aliphatic carbocycles. The van der Waals surface area contributed by atoms with Gasteiger partial charge in [0.05, 0.1) is 4.92 Å². The Kier molecular flexibility index (Phi) is 3.06. The van der Waals surface area contributed by atoms with Crippen molar-refractivity contribution in [3.05, 3.63) is 38.7 Å². The van der Waals surface area contributed by atoms with Crippen LogP contribution in [0.2, 0.25) is 0 Å². The molecule has 0 saturated heterocycles. The second-order valence-electron chi connectivity index (χ2n) is 3.17. The van der Waals surface area contributed by atoms with E-state index in [4.69, 9.17) is 9.52 Å². The maximum absolute atomic E-state index is 10.7. The molecule has 0 amide bonds. The Morgan fingerprint density at radius 2 is 2.11 bits per heavy atom. The van der Waals surface area contributed by atoms with Crippen molar-refractivity contribution in [3.8, 4) is 11.5 Å². The number of benzene rings is 1. The molecule has 2 rings (SSSR count). The van der Waals surface area contributed by atoms with Crippen molar-refractivity contribution in [3.63, 3.8) is 0 Å². The maximum Gasteiger partial charge on any atom is 0.393 e. The van der Waals surface area contributed by atoms with Crippen LogP contribution in [-0.2, 0) is 0 Å². The van der Waals surface area contributed by atoms with Gasteiger partial charge in [-0.1, -0.05) is 15.9 Å². The van der Waals surface area contributed by atoms with Crippen molar-refractivity contribution >= 4 is 27.6 Å². The summed E-state index contributed by atoms with van der Waals surface area (Å²) in [5.41, 5.74) is 0.0884. The van der Waals surface area contributed by atoms with Crippen LogP contribution < -0.4 is 0 Å². The van der Waals surface area contributed by atoms with Crippen LogP contribution in [0.5, 0.6) is 0 Å². The zero-order valence-corrected chi connectivity index (χ0v) is 10.1. The molecule has 9 heteroatoms. The largest absolute Gasteiger partial charge is 0.474 e. The van der Waals surface area contributed by atoms with E-state index in [2.05, 4.69) is 26.1 Å². The van der Waals surface area contributed by atoms with Gasteiger partial charge in [0, 0.05) is 22.2 Å². The first-order valence-electron chi connectivity index (χ1n) is 4.49. The standard InChI is InChI=1S/C9H4BrN3O5/c10-5-1-4(2-6(3-5)13(16)17)7-11-12-8(18-7)9(14)15/h1-3H,(H,14,15). The van der Waals surface area contributed by atoms with E-state index in [1.54, 1.807) is 0 Å². The Bertz CT molecular complexity index is 639. The molecule has 0 fully saturated rings. The van der Waals surface area contributed by atoms with Crippen molar-refractivity contribution < 1.29 is 19.2 Å². The number of non-ortho nitro benzene ring substituents is 1. The summed E-state index contributed by atoms with van der Waals surface area (Å²) in [4.78, 5) is 20.7. The molecule has 1 N–H and O–H groups in total. The average Bonchev–Trinajstić information content (AvgIpc) is 2.77. The number of carboxylic acid groups (broad SMARTS) is 1. The van der Waals surface area contributed by atoms with Gasteiger partial charge in [-0.3, -0.25) is 10.1 Å². The number of nitro benzene ring substituents is 1. The number of carboxylic acids is 1. The van der Waals surface area contributed by atoms with Crippen LogP contribution >= 0.6 is 15.9 Å². The molecule has 92 valence electrons. The maximum atomic E-state index is 10.7. The first-order chi connectivity index (χ1) is 8.47. The number of hydrogen-bond donors (Lipinski definition) is 1. The number of aromatic nitrogens is 2. The van der Waals surface area contributed by atoms with Crippen molar-refractivity contribution in [1.82, 2.24) is 10.2 Å². The first-order valence-corrected chi connectivity index (χ1v) is 5.29. The third kappa shape index (κ3) is 2.35. The van der Waals surface area contributed by atoms with Crippen LogP contribution in [0.4, 0.5) is 5.69 Å². The average molecular weight is 314 g/mol. The molecular weight excluding hydrogens is 310 g/mol. The lowest BCUT2D eigenvalue weighted by atomic mass is 10.2. The van der Waals surface area contributed by atoms with Gasteiger partial charge >= 0.3 is 11.9 Å². The van der Waals surface area contributed by atoms with Crippen LogP contribution in [0.25, 0.3) is 11.5 Å². The van der Waals surface area contributed by atoms with Gasteiger partial charge in [0.15, 0.2) is 0 Å². The predicted molar refractivity (Wildman–Crippen MR) is 61.0 cm³/mol. The van der Waals surface area contributed by atoms with Gasteiger partial charge < -0.3 is 9.52 Å². The topological polar surface area (TPSA) is 119 Å². The number of hydrogen-bond acceptors (Lipinski definition) is 6. The van der Waals surface area contributed by atoms with E-state index in [0.29, 0.717) is 4.47 Å². The quantitative estimate of drug-likeness (QED) is 0.680. The Balaban J connectivity index is 2.49. The molecular formula is C9H4BrN3O5. The minimum absolute atomic E-state index is 0.100. The molecule has 0 unspecified atom stereocenters. The van der Waals surface area contributed by atoms with Crippen molar-refractivity contribution in [1.29, 1.82) is 0 Å². The summed E-state index contributed by atoms with van der Waals surface area (Å²) in [6.45, 7) is 0. The molecule has 0 spiro atoms. The normalized spacial score (nSPS) is 10.3. The van der Waals surface area contributed by atoms with E-state index in [0.717, 1.165) is 0 Å². The van der Waals surface area contributed by atoms with Gasteiger partial charge in [-0.15, -0.1) is 10.2 Å². The van der Waals surface area contributed by atoms with Crippen molar-refractivity contribution in [2.24, 2.45) is 0 Å². The third-order valence-electron chi connectivity index (χ3n) is 1.95. The lowest BCUT2D eigenvalue weighted by Gasteiger charge is -1.97. The molecule has 0 atom stereocenters. The third-order valence-corrected chi connectivity index (χ3v) is 2.41. The number of halogens is 1. The molecule has 8 nitrogen and oxygen atoms in total. The predicted octanol–water partition coefficient (Wildman–Crippen LogP) is 2.11. The highest BCUT2D eigenvalue weighted by Gasteiger charge is 2.17. The summed E-state index contributed by atoms with van der Waals surface area (Å²) >= 11 is 3.10. The van der Waals surface area contributed by atoms with Crippen LogP contribution in [0, 0.1) is 10.1 Å². The van der Waals surface area contributed by atoms with Crippen LogP contribution in [0.3, 0.4) is 0 Å². The molecule has 1 aromatic heterocycles. The lowest BCUT2D eigenvalue weighted by molar-refractivity contribution is -0.384. The van der Waals surface area contributed by atoms with Crippen molar-refractivity contribution in [2.75, 3.05) is 0 Å². The highest BCUT2D eigenvalue weighted by molar-refractivity contribution is 9.10. The summed E-state index contributed by atoms with van der Waals surface area (Å²) in [5, 5.41) is 26.1. The Morgan fingerprint density at radius 1 is 1.39 bits per heavy atom. The van der Waals surface area contributed by atoms with Gasteiger partial charge in [-0.05, 0) is 6.07 Å². The number of nitrogens with zero attached hydrogens (tertiary/aromatic N) is 3. The monoisotopic (exact) mass is 313 g/mol.